The summed E-state index contributed by atoms with van der Waals surface area (Å²) in [6.07, 6.45) is 3.87. The van der Waals surface area contributed by atoms with Gasteiger partial charge in [-0.25, -0.2) is 0 Å². The molecule has 23 heavy (non-hydrogen) atoms. The van der Waals surface area contributed by atoms with Crippen molar-refractivity contribution in [2.75, 3.05) is 13.2 Å². The number of amides is 2. The van der Waals surface area contributed by atoms with Gasteiger partial charge in [-0.1, -0.05) is 30.3 Å². The maximum atomic E-state index is 11.8. The third-order valence-corrected chi connectivity index (χ3v) is 4.27. The van der Waals surface area contributed by atoms with E-state index in [4.69, 9.17) is 9.47 Å². The third-order valence-electron chi connectivity index (χ3n) is 4.27. The minimum Gasteiger partial charge on any atom is -0.347 e. The summed E-state index contributed by atoms with van der Waals surface area (Å²) < 4.78 is 11.6. The van der Waals surface area contributed by atoms with Gasteiger partial charge < -0.3 is 20.1 Å². The second kappa shape index (κ2) is 7.10. The van der Waals surface area contributed by atoms with E-state index < -0.39 is 17.6 Å². The first kappa shape index (κ1) is 16.0. The molecule has 1 aliphatic heterocycles. The van der Waals surface area contributed by atoms with Crippen molar-refractivity contribution in [2.45, 2.75) is 44.1 Å². The van der Waals surface area contributed by atoms with Crippen molar-refractivity contribution in [3.05, 3.63) is 35.9 Å². The molecule has 1 spiro atoms. The molecule has 1 saturated carbocycles. The molecule has 0 unspecified atom stereocenters. The van der Waals surface area contributed by atoms with E-state index in [0.717, 1.165) is 31.2 Å². The minimum absolute atomic E-state index is 0.182. The summed E-state index contributed by atoms with van der Waals surface area (Å²) >= 11 is 0. The summed E-state index contributed by atoms with van der Waals surface area (Å²) in [5, 5.41) is 5.21. The van der Waals surface area contributed by atoms with Gasteiger partial charge in [-0.2, -0.15) is 0 Å². The van der Waals surface area contributed by atoms with Crippen molar-refractivity contribution in [3.63, 3.8) is 0 Å². The Morgan fingerprint density at radius 2 is 1.78 bits per heavy atom. The lowest BCUT2D eigenvalue weighted by Crippen LogP contribution is -2.43. The highest BCUT2D eigenvalue weighted by Gasteiger charge is 2.43. The molecule has 2 aliphatic rings. The van der Waals surface area contributed by atoms with Crippen molar-refractivity contribution in [1.29, 1.82) is 0 Å². The van der Waals surface area contributed by atoms with E-state index in [1.54, 1.807) is 0 Å². The average molecular weight is 318 g/mol. The van der Waals surface area contributed by atoms with Crippen LogP contribution in [0.2, 0.25) is 0 Å². The molecule has 3 rings (SSSR count). The molecule has 0 bridgehead atoms. The first-order valence-electron chi connectivity index (χ1n) is 8.09. The van der Waals surface area contributed by atoms with Crippen LogP contribution in [0.4, 0.5) is 0 Å². The molecular weight excluding hydrogens is 296 g/mol. The molecule has 1 heterocycles. The first-order valence-corrected chi connectivity index (χ1v) is 8.09. The van der Waals surface area contributed by atoms with Crippen LogP contribution in [-0.4, -0.2) is 36.9 Å². The second-order valence-electron chi connectivity index (χ2n) is 6.05. The summed E-state index contributed by atoms with van der Waals surface area (Å²) in [5.74, 6) is -1.72. The number of carbonyl (C=O) groups is 2. The Hall–Kier alpha value is -1.92. The van der Waals surface area contributed by atoms with Gasteiger partial charge in [0, 0.05) is 25.9 Å². The Morgan fingerprint density at radius 3 is 2.52 bits per heavy atom. The molecule has 2 N–H and O–H groups in total. The summed E-state index contributed by atoms with van der Waals surface area (Å²) in [4.78, 5) is 23.6. The Bertz CT molecular complexity index is 555. The van der Waals surface area contributed by atoms with Gasteiger partial charge in [0.1, 0.15) is 6.10 Å². The molecule has 1 aromatic carbocycles. The molecule has 2 fully saturated rings. The van der Waals surface area contributed by atoms with Gasteiger partial charge in [-0.15, -0.1) is 0 Å². The smallest absolute Gasteiger partial charge is 0.309 e. The van der Waals surface area contributed by atoms with Crippen LogP contribution in [-0.2, 0) is 25.6 Å². The van der Waals surface area contributed by atoms with E-state index >= 15 is 0 Å². The topological polar surface area (TPSA) is 76.7 Å². The van der Waals surface area contributed by atoms with Gasteiger partial charge in [0.15, 0.2) is 5.79 Å². The zero-order chi connectivity index (χ0) is 16.1. The predicted molar refractivity (Wildman–Crippen MR) is 83.3 cm³/mol. The van der Waals surface area contributed by atoms with Crippen molar-refractivity contribution >= 4 is 11.8 Å². The third kappa shape index (κ3) is 4.09. The molecule has 6 nitrogen and oxygen atoms in total. The van der Waals surface area contributed by atoms with E-state index in [1.807, 2.05) is 30.3 Å². The summed E-state index contributed by atoms with van der Waals surface area (Å²) in [5.41, 5.74) is 0.948. The maximum Gasteiger partial charge on any atom is 0.309 e. The molecule has 1 saturated heterocycles. The molecule has 1 aromatic rings. The van der Waals surface area contributed by atoms with Crippen LogP contribution in [0.3, 0.4) is 0 Å². The Balaban J connectivity index is 1.38. The molecule has 0 radical (unpaired) electrons. The molecule has 6 heteroatoms. The van der Waals surface area contributed by atoms with Crippen molar-refractivity contribution in [3.8, 4) is 0 Å². The highest BCUT2D eigenvalue weighted by atomic mass is 16.7. The minimum atomic E-state index is -0.642. The van der Waals surface area contributed by atoms with Gasteiger partial charge in [0.2, 0.25) is 0 Å². The zero-order valence-electron chi connectivity index (χ0n) is 13.0. The van der Waals surface area contributed by atoms with Crippen LogP contribution in [0.5, 0.6) is 0 Å². The van der Waals surface area contributed by atoms with Gasteiger partial charge in [-0.3, -0.25) is 9.59 Å². The monoisotopic (exact) mass is 318 g/mol. The lowest BCUT2D eigenvalue weighted by atomic mass is 10.2. The molecule has 2 amide bonds. The summed E-state index contributed by atoms with van der Waals surface area (Å²) in [6, 6.07) is 9.46. The molecular formula is C17H22N2O4. The Labute approximate surface area is 135 Å². The van der Waals surface area contributed by atoms with E-state index in [1.165, 1.54) is 0 Å². The van der Waals surface area contributed by atoms with Gasteiger partial charge >= 0.3 is 11.8 Å². The van der Waals surface area contributed by atoms with E-state index in [0.29, 0.717) is 19.7 Å². The van der Waals surface area contributed by atoms with Gasteiger partial charge in [0.05, 0.1) is 6.61 Å². The number of hydrogen-bond donors (Lipinski definition) is 2. The maximum absolute atomic E-state index is 11.8. The van der Waals surface area contributed by atoms with Gasteiger partial charge in [0.25, 0.3) is 0 Å². The molecule has 0 aromatic heterocycles. The van der Waals surface area contributed by atoms with Crippen molar-refractivity contribution in [1.82, 2.24) is 10.6 Å². The number of benzene rings is 1. The zero-order valence-corrected chi connectivity index (χ0v) is 13.0. The number of ether oxygens (including phenoxy) is 2. The van der Waals surface area contributed by atoms with Crippen LogP contribution in [0.25, 0.3) is 0 Å². The molecule has 1 aliphatic carbocycles. The lowest BCUT2D eigenvalue weighted by Gasteiger charge is -2.21. The van der Waals surface area contributed by atoms with Crippen LogP contribution in [0.15, 0.2) is 30.3 Å². The normalized spacial score (nSPS) is 22.2. The standard InChI is InChI=1S/C17H22N2O4/c20-15(18-10-13-6-2-1-3-7-13)16(21)19-11-14-12-22-17(23-14)8-4-5-9-17/h1-3,6-7,14H,4-5,8-12H2,(H,18,20)(H,19,21)/t14-/m0/s1. The molecule has 1 atom stereocenters. The fourth-order valence-electron chi connectivity index (χ4n) is 3.04. The largest absolute Gasteiger partial charge is 0.347 e. The number of hydrogen-bond acceptors (Lipinski definition) is 4. The fraction of sp³-hybridized carbons (Fsp3) is 0.529. The Morgan fingerprint density at radius 1 is 1.09 bits per heavy atom. The SMILES string of the molecule is O=C(NCc1ccccc1)C(=O)NC[C@H]1COC2(CCCC2)O1. The van der Waals surface area contributed by atoms with Gasteiger partial charge in [-0.05, 0) is 18.4 Å². The highest BCUT2D eigenvalue weighted by Crippen LogP contribution is 2.38. The predicted octanol–water partition coefficient (Wildman–Crippen LogP) is 1.10. The number of rotatable bonds is 4. The average Bonchev–Trinajstić information content (AvgIpc) is 3.21. The summed E-state index contributed by atoms with van der Waals surface area (Å²) in [7, 11) is 0. The van der Waals surface area contributed by atoms with Crippen molar-refractivity contribution in [2.24, 2.45) is 0 Å². The molecule has 124 valence electrons. The van der Waals surface area contributed by atoms with Crippen LogP contribution in [0.1, 0.15) is 31.2 Å². The van der Waals surface area contributed by atoms with Crippen LogP contribution in [0, 0.1) is 0 Å². The van der Waals surface area contributed by atoms with E-state index in [2.05, 4.69) is 10.6 Å². The van der Waals surface area contributed by atoms with Crippen LogP contribution < -0.4 is 10.6 Å². The second-order valence-corrected chi connectivity index (χ2v) is 6.05. The first-order chi connectivity index (χ1) is 11.2. The lowest BCUT2D eigenvalue weighted by molar-refractivity contribution is -0.161. The summed E-state index contributed by atoms with van der Waals surface area (Å²) in [6.45, 7) is 1.09. The van der Waals surface area contributed by atoms with E-state index in [-0.39, 0.29) is 6.10 Å². The fourth-order valence-corrected chi connectivity index (χ4v) is 3.04. The van der Waals surface area contributed by atoms with Crippen molar-refractivity contribution < 1.29 is 19.1 Å². The highest BCUT2D eigenvalue weighted by molar-refractivity contribution is 6.35. The van der Waals surface area contributed by atoms with E-state index in [9.17, 15) is 9.59 Å². The number of nitrogens with one attached hydrogen (secondary N) is 2. The van der Waals surface area contributed by atoms with Crippen LogP contribution >= 0.6 is 0 Å². The quantitative estimate of drug-likeness (QED) is 0.815. The Kier molecular flexibility index (Phi) is 4.93. The number of carbonyl (C=O) groups excluding carboxylic acids is 2.